The molecule has 2 aromatic rings. The molecule has 0 radical (unpaired) electrons. The van der Waals surface area contributed by atoms with Crippen molar-refractivity contribution < 1.29 is 14.3 Å². The van der Waals surface area contributed by atoms with Crippen molar-refractivity contribution in [3.05, 3.63) is 65.2 Å². The summed E-state index contributed by atoms with van der Waals surface area (Å²) in [5, 5.41) is 2.91. The molecule has 0 aliphatic carbocycles. The molecular weight excluding hydrogens is 342 g/mol. The molecular formula is C21H27N3O3. The lowest BCUT2D eigenvalue weighted by Gasteiger charge is -2.26. The lowest BCUT2D eigenvalue weighted by Crippen LogP contribution is -2.38. The number of carbonyl (C=O) groups excluding carboxylic acids is 2. The topological polar surface area (TPSA) is 61.9 Å². The summed E-state index contributed by atoms with van der Waals surface area (Å²) in [5.74, 6) is 0.710. The Hall–Kier alpha value is -3.02. The van der Waals surface area contributed by atoms with E-state index >= 15 is 0 Å². The third kappa shape index (κ3) is 5.00. The maximum absolute atomic E-state index is 12.5. The molecule has 0 aliphatic rings. The molecule has 0 saturated carbocycles. The van der Waals surface area contributed by atoms with Crippen molar-refractivity contribution in [2.45, 2.75) is 19.5 Å². The SMILES string of the molecule is COc1ccccc1C(C)N(C)C(=O)NCc1ccc(C(=O)N(C)C)cc1. The van der Waals surface area contributed by atoms with Gasteiger partial charge in [-0.3, -0.25) is 4.79 Å². The second-order valence-electron chi connectivity index (χ2n) is 6.58. The quantitative estimate of drug-likeness (QED) is 0.850. The van der Waals surface area contributed by atoms with Crippen molar-refractivity contribution in [1.29, 1.82) is 0 Å². The Kier molecular flexibility index (Phi) is 6.82. The number of urea groups is 1. The van der Waals surface area contributed by atoms with Crippen LogP contribution in [-0.2, 0) is 6.54 Å². The molecule has 1 atom stereocenters. The van der Waals surface area contributed by atoms with Crippen LogP contribution in [-0.4, -0.2) is 50.0 Å². The van der Waals surface area contributed by atoms with Crippen molar-refractivity contribution in [3.63, 3.8) is 0 Å². The molecule has 1 unspecified atom stereocenters. The van der Waals surface area contributed by atoms with Gasteiger partial charge < -0.3 is 19.9 Å². The van der Waals surface area contributed by atoms with E-state index in [4.69, 9.17) is 4.74 Å². The minimum absolute atomic E-state index is 0.0454. The van der Waals surface area contributed by atoms with Gasteiger partial charge in [0, 0.05) is 38.8 Å². The Bertz CT molecular complexity index is 788. The number of nitrogens with zero attached hydrogens (tertiary/aromatic N) is 2. The second-order valence-corrected chi connectivity index (χ2v) is 6.58. The van der Waals surface area contributed by atoms with E-state index < -0.39 is 0 Å². The number of carbonyl (C=O) groups is 2. The summed E-state index contributed by atoms with van der Waals surface area (Å²) in [6.45, 7) is 2.34. The van der Waals surface area contributed by atoms with Crippen molar-refractivity contribution in [3.8, 4) is 5.75 Å². The maximum Gasteiger partial charge on any atom is 0.317 e. The van der Waals surface area contributed by atoms with E-state index in [1.165, 1.54) is 4.90 Å². The molecule has 0 heterocycles. The molecule has 0 fully saturated rings. The number of nitrogens with one attached hydrogen (secondary N) is 1. The Morgan fingerprint density at radius 1 is 1.04 bits per heavy atom. The molecule has 6 nitrogen and oxygen atoms in total. The summed E-state index contributed by atoms with van der Waals surface area (Å²) in [4.78, 5) is 27.6. The summed E-state index contributed by atoms with van der Waals surface area (Å²) >= 11 is 0. The minimum Gasteiger partial charge on any atom is -0.496 e. The fourth-order valence-electron chi connectivity index (χ4n) is 2.72. The van der Waals surface area contributed by atoms with Gasteiger partial charge in [-0.15, -0.1) is 0 Å². The molecule has 2 aromatic carbocycles. The Balaban J connectivity index is 1.97. The molecule has 27 heavy (non-hydrogen) atoms. The first-order valence-corrected chi connectivity index (χ1v) is 8.79. The van der Waals surface area contributed by atoms with E-state index in [1.54, 1.807) is 45.3 Å². The van der Waals surface area contributed by atoms with Crippen LogP contribution in [0.15, 0.2) is 48.5 Å². The first kappa shape index (κ1) is 20.3. The highest BCUT2D eigenvalue weighted by Crippen LogP contribution is 2.28. The summed E-state index contributed by atoms with van der Waals surface area (Å²) in [6.07, 6.45) is 0. The zero-order valence-corrected chi connectivity index (χ0v) is 16.5. The molecule has 144 valence electrons. The fourth-order valence-corrected chi connectivity index (χ4v) is 2.72. The highest BCUT2D eigenvalue weighted by molar-refractivity contribution is 5.93. The van der Waals surface area contributed by atoms with E-state index in [2.05, 4.69) is 5.32 Å². The molecule has 3 amide bonds. The molecule has 6 heteroatoms. The molecule has 0 aliphatic heterocycles. The molecule has 0 aromatic heterocycles. The van der Waals surface area contributed by atoms with Crippen LogP contribution in [0.5, 0.6) is 5.75 Å². The van der Waals surface area contributed by atoms with Gasteiger partial charge in [-0.05, 0) is 30.7 Å². The highest BCUT2D eigenvalue weighted by Gasteiger charge is 2.20. The number of hydrogen-bond acceptors (Lipinski definition) is 3. The Morgan fingerprint density at radius 3 is 2.26 bits per heavy atom. The number of para-hydroxylation sites is 1. The number of hydrogen-bond donors (Lipinski definition) is 1. The average Bonchev–Trinajstić information content (AvgIpc) is 2.70. The van der Waals surface area contributed by atoms with Gasteiger partial charge in [-0.2, -0.15) is 0 Å². The third-order valence-electron chi connectivity index (χ3n) is 4.54. The van der Waals surface area contributed by atoms with E-state index in [9.17, 15) is 9.59 Å². The molecule has 0 saturated heterocycles. The van der Waals surface area contributed by atoms with Crippen LogP contribution >= 0.6 is 0 Å². The minimum atomic E-state index is -0.179. The lowest BCUT2D eigenvalue weighted by atomic mass is 10.1. The number of ether oxygens (including phenoxy) is 1. The zero-order valence-electron chi connectivity index (χ0n) is 16.5. The largest absolute Gasteiger partial charge is 0.496 e. The van der Waals surface area contributed by atoms with Gasteiger partial charge >= 0.3 is 6.03 Å². The number of amides is 3. The van der Waals surface area contributed by atoms with E-state index in [0.717, 1.165) is 16.9 Å². The summed E-state index contributed by atoms with van der Waals surface area (Å²) < 4.78 is 5.38. The Morgan fingerprint density at radius 2 is 1.67 bits per heavy atom. The van der Waals surface area contributed by atoms with Crippen LogP contribution in [0.1, 0.15) is 34.5 Å². The predicted molar refractivity (Wildman–Crippen MR) is 106 cm³/mol. The van der Waals surface area contributed by atoms with Gasteiger partial charge in [0.15, 0.2) is 0 Å². The van der Waals surface area contributed by atoms with Crippen LogP contribution in [0.3, 0.4) is 0 Å². The van der Waals surface area contributed by atoms with Gasteiger partial charge in [-0.25, -0.2) is 4.79 Å². The maximum atomic E-state index is 12.5. The van der Waals surface area contributed by atoms with Crippen LogP contribution in [0.4, 0.5) is 4.79 Å². The summed E-state index contributed by atoms with van der Waals surface area (Å²) in [6, 6.07) is 14.6. The van der Waals surface area contributed by atoms with Gasteiger partial charge in [0.2, 0.25) is 0 Å². The lowest BCUT2D eigenvalue weighted by molar-refractivity contribution is 0.0827. The number of benzene rings is 2. The fraction of sp³-hybridized carbons (Fsp3) is 0.333. The number of methoxy groups -OCH3 is 1. The summed E-state index contributed by atoms with van der Waals surface area (Å²) in [5.41, 5.74) is 2.50. The van der Waals surface area contributed by atoms with E-state index in [1.807, 2.05) is 43.3 Å². The second kappa shape index (κ2) is 9.07. The monoisotopic (exact) mass is 369 g/mol. The molecule has 0 bridgehead atoms. The smallest absolute Gasteiger partial charge is 0.317 e. The number of rotatable bonds is 6. The van der Waals surface area contributed by atoms with Crippen LogP contribution in [0.2, 0.25) is 0 Å². The molecule has 0 spiro atoms. The van der Waals surface area contributed by atoms with Gasteiger partial charge in [-0.1, -0.05) is 30.3 Å². The zero-order chi connectivity index (χ0) is 20.0. The van der Waals surface area contributed by atoms with Crippen molar-refractivity contribution in [2.75, 3.05) is 28.3 Å². The van der Waals surface area contributed by atoms with E-state index in [0.29, 0.717) is 12.1 Å². The van der Waals surface area contributed by atoms with Crippen LogP contribution in [0, 0.1) is 0 Å². The highest BCUT2D eigenvalue weighted by atomic mass is 16.5. The van der Waals surface area contributed by atoms with Crippen LogP contribution < -0.4 is 10.1 Å². The molecule has 1 N–H and O–H groups in total. The van der Waals surface area contributed by atoms with Crippen molar-refractivity contribution in [1.82, 2.24) is 15.1 Å². The predicted octanol–water partition coefficient (Wildman–Crippen LogP) is 3.30. The average molecular weight is 369 g/mol. The Labute approximate surface area is 160 Å². The van der Waals surface area contributed by atoms with Crippen LogP contribution in [0.25, 0.3) is 0 Å². The van der Waals surface area contributed by atoms with Gasteiger partial charge in [0.25, 0.3) is 5.91 Å². The summed E-state index contributed by atoms with van der Waals surface area (Å²) in [7, 11) is 6.81. The third-order valence-corrected chi connectivity index (χ3v) is 4.54. The van der Waals surface area contributed by atoms with E-state index in [-0.39, 0.29) is 18.0 Å². The van der Waals surface area contributed by atoms with Crippen molar-refractivity contribution in [2.24, 2.45) is 0 Å². The molecule has 2 rings (SSSR count). The standard InChI is InChI=1S/C21H27N3O3/c1-15(18-8-6-7-9-19(18)27-5)24(4)21(26)22-14-16-10-12-17(13-11-16)20(25)23(2)3/h6-13,15H,14H2,1-5H3,(H,22,26). The van der Waals surface area contributed by atoms with Gasteiger partial charge in [0.1, 0.15) is 5.75 Å². The van der Waals surface area contributed by atoms with Gasteiger partial charge in [0.05, 0.1) is 13.2 Å². The first-order chi connectivity index (χ1) is 12.8. The first-order valence-electron chi connectivity index (χ1n) is 8.79. The normalized spacial score (nSPS) is 11.4. The van der Waals surface area contributed by atoms with Crippen molar-refractivity contribution >= 4 is 11.9 Å².